The van der Waals surface area contributed by atoms with E-state index in [-0.39, 0.29) is 18.2 Å². The molecule has 0 aliphatic rings. The quantitative estimate of drug-likeness (QED) is 0.790. The number of nitrogens with one attached hydrogen (secondary N) is 1. The molecule has 1 atom stereocenters. The van der Waals surface area contributed by atoms with Gasteiger partial charge in [-0.3, -0.25) is 0 Å². The van der Waals surface area contributed by atoms with E-state index in [4.69, 9.17) is 9.84 Å². The van der Waals surface area contributed by atoms with Crippen LogP contribution >= 0.6 is 0 Å². The molecule has 1 aromatic rings. The van der Waals surface area contributed by atoms with Gasteiger partial charge in [-0.25, -0.2) is 22.3 Å². The number of hydrogen-bond acceptors (Lipinski definition) is 4. The number of ether oxygens (including phenoxy) is 1. The van der Waals surface area contributed by atoms with Crippen LogP contribution in [0.3, 0.4) is 0 Å². The van der Waals surface area contributed by atoms with Crippen molar-refractivity contribution < 1.29 is 27.4 Å². The lowest BCUT2D eigenvalue weighted by Gasteiger charge is -2.13. The first-order valence-corrected chi connectivity index (χ1v) is 7.40. The van der Waals surface area contributed by atoms with Gasteiger partial charge in [-0.15, -0.1) is 0 Å². The number of carbonyl (C=O) groups is 1. The van der Waals surface area contributed by atoms with Crippen LogP contribution in [0.25, 0.3) is 0 Å². The van der Waals surface area contributed by atoms with Crippen molar-refractivity contribution in [1.29, 1.82) is 0 Å². The molecule has 0 saturated carbocycles. The van der Waals surface area contributed by atoms with Gasteiger partial charge >= 0.3 is 5.97 Å². The second-order valence-corrected chi connectivity index (χ2v) is 5.80. The normalized spacial score (nSPS) is 13.2. The second kappa shape index (κ2) is 6.78. The van der Waals surface area contributed by atoms with Crippen LogP contribution < -0.4 is 4.72 Å². The highest BCUT2D eigenvalue weighted by atomic mass is 32.2. The summed E-state index contributed by atoms with van der Waals surface area (Å²) in [5.74, 6) is -2.44. The third-order valence-electron chi connectivity index (χ3n) is 2.48. The number of carboxylic acids is 1. The minimum Gasteiger partial charge on any atom is -0.478 e. The summed E-state index contributed by atoms with van der Waals surface area (Å²) in [5.41, 5.74) is -0.316. The number of hydrogen-bond donors (Lipinski definition) is 2. The van der Waals surface area contributed by atoms with Gasteiger partial charge in [0.1, 0.15) is 10.7 Å². The van der Waals surface area contributed by atoms with Gasteiger partial charge in [0.2, 0.25) is 10.0 Å². The summed E-state index contributed by atoms with van der Waals surface area (Å²) in [4.78, 5) is 10.1. The van der Waals surface area contributed by atoms with Crippen LogP contribution in [0.1, 0.15) is 24.2 Å². The highest BCUT2D eigenvalue weighted by Crippen LogP contribution is 2.16. The van der Waals surface area contributed by atoms with Crippen molar-refractivity contribution in [2.24, 2.45) is 0 Å². The lowest BCUT2D eigenvalue weighted by Crippen LogP contribution is -2.32. The van der Waals surface area contributed by atoms with Crippen molar-refractivity contribution in [3.8, 4) is 0 Å². The van der Waals surface area contributed by atoms with Gasteiger partial charge in [0.15, 0.2) is 0 Å². The van der Waals surface area contributed by atoms with E-state index in [1.165, 1.54) is 0 Å². The number of benzene rings is 1. The van der Waals surface area contributed by atoms with Crippen LogP contribution in [-0.4, -0.2) is 38.7 Å². The maximum absolute atomic E-state index is 13.7. The number of sulfonamides is 1. The van der Waals surface area contributed by atoms with E-state index in [0.717, 1.165) is 12.1 Å². The highest BCUT2D eigenvalue weighted by molar-refractivity contribution is 7.89. The fourth-order valence-electron chi connectivity index (χ4n) is 1.50. The van der Waals surface area contributed by atoms with Crippen LogP contribution in [0, 0.1) is 5.82 Å². The summed E-state index contributed by atoms with van der Waals surface area (Å²) < 4.78 is 44.8. The Bertz CT molecular complexity index is 588. The molecule has 0 heterocycles. The predicted molar refractivity (Wildman–Crippen MR) is 69.6 cm³/mol. The molecule has 0 saturated heterocycles. The standard InChI is InChI=1S/C12H16FNO5S/c1-3-19-8(2)7-14-20(17,18)11-5-4-9(12(15)16)6-10(11)13/h4-6,8,14H,3,7H2,1-2H3,(H,15,16). The van der Waals surface area contributed by atoms with Crippen molar-refractivity contribution in [3.05, 3.63) is 29.6 Å². The van der Waals surface area contributed by atoms with Crippen LogP contribution in [-0.2, 0) is 14.8 Å². The zero-order chi connectivity index (χ0) is 15.3. The zero-order valence-electron chi connectivity index (χ0n) is 11.1. The molecule has 0 aliphatic heterocycles. The molecule has 112 valence electrons. The van der Waals surface area contributed by atoms with E-state index in [2.05, 4.69) is 4.72 Å². The van der Waals surface area contributed by atoms with Crippen LogP contribution in [0.15, 0.2) is 23.1 Å². The zero-order valence-corrected chi connectivity index (χ0v) is 11.9. The van der Waals surface area contributed by atoms with Crippen LogP contribution in [0.5, 0.6) is 0 Å². The summed E-state index contributed by atoms with van der Waals surface area (Å²) in [5, 5.41) is 8.69. The fourth-order valence-corrected chi connectivity index (χ4v) is 2.67. The maximum Gasteiger partial charge on any atom is 0.335 e. The van der Waals surface area contributed by atoms with Gasteiger partial charge in [0.25, 0.3) is 0 Å². The first-order chi connectivity index (χ1) is 9.27. The molecule has 2 N–H and O–H groups in total. The molecular weight excluding hydrogens is 289 g/mol. The topological polar surface area (TPSA) is 92.7 Å². The first kappa shape index (κ1) is 16.5. The third kappa shape index (κ3) is 4.26. The molecule has 6 nitrogen and oxygen atoms in total. The van der Waals surface area contributed by atoms with E-state index in [1.807, 2.05) is 0 Å². The van der Waals surface area contributed by atoms with Gasteiger partial charge in [0.05, 0.1) is 11.7 Å². The van der Waals surface area contributed by atoms with E-state index >= 15 is 0 Å². The highest BCUT2D eigenvalue weighted by Gasteiger charge is 2.21. The fraction of sp³-hybridized carbons (Fsp3) is 0.417. The Morgan fingerprint density at radius 2 is 2.15 bits per heavy atom. The SMILES string of the molecule is CCOC(C)CNS(=O)(=O)c1ccc(C(=O)O)cc1F. The molecule has 1 aromatic carbocycles. The smallest absolute Gasteiger partial charge is 0.335 e. The van der Waals surface area contributed by atoms with Gasteiger partial charge in [0, 0.05) is 13.2 Å². The van der Waals surface area contributed by atoms with Crippen molar-refractivity contribution in [3.63, 3.8) is 0 Å². The molecule has 0 aliphatic carbocycles. The van der Waals surface area contributed by atoms with Crippen LogP contribution in [0.2, 0.25) is 0 Å². The minimum atomic E-state index is -4.04. The lowest BCUT2D eigenvalue weighted by molar-refractivity contribution is 0.0696. The Balaban J connectivity index is 2.90. The Morgan fingerprint density at radius 3 is 2.65 bits per heavy atom. The Morgan fingerprint density at radius 1 is 1.50 bits per heavy atom. The lowest BCUT2D eigenvalue weighted by atomic mass is 10.2. The van der Waals surface area contributed by atoms with Gasteiger partial charge in [-0.2, -0.15) is 0 Å². The predicted octanol–water partition coefficient (Wildman–Crippen LogP) is 1.23. The Labute approximate surface area is 116 Å². The molecule has 0 spiro atoms. The van der Waals surface area contributed by atoms with E-state index in [9.17, 15) is 17.6 Å². The van der Waals surface area contributed by atoms with Crippen molar-refractivity contribution in [1.82, 2.24) is 4.72 Å². The number of aromatic carboxylic acids is 1. The molecule has 20 heavy (non-hydrogen) atoms. The Hall–Kier alpha value is -1.51. The summed E-state index contributed by atoms with van der Waals surface area (Å²) in [6.07, 6.45) is -0.351. The molecule has 8 heteroatoms. The second-order valence-electron chi connectivity index (χ2n) is 4.07. The summed E-state index contributed by atoms with van der Waals surface area (Å²) >= 11 is 0. The van der Waals surface area contributed by atoms with Crippen LogP contribution in [0.4, 0.5) is 4.39 Å². The van der Waals surface area contributed by atoms with Crippen molar-refractivity contribution >= 4 is 16.0 Å². The molecule has 0 amide bonds. The van der Waals surface area contributed by atoms with Gasteiger partial charge < -0.3 is 9.84 Å². The summed E-state index contributed by atoms with van der Waals surface area (Å²) in [6, 6.07) is 2.63. The number of halogens is 1. The summed E-state index contributed by atoms with van der Waals surface area (Å²) in [7, 11) is -4.04. The minimum absolute atomic E-state index is 0.00368. The average Bonchev–Trinajstić information content (AvgIpc) is 2.36. The van der Waals surface area contributed by atoms with Gasteiger partial charge in [-0.1, -0.05) is 0 Å². The average molecular weight is 305 g/mol. The molecule has 1 rings (SSSR count). The van der Waals surface area contributed by atoms with Crippen molar-refractivity contribution in [2.75, 3.05) is 13.2 Å². The largest absolute Gasteiger partial charge is 0.478 e. The van der Waals surface area contributed by atoms with E-state index < -0.39 is 26.7 Å². The number of rotatable bonds is 7. The molecule has 1 unspecified atom stereocenters. The molecule has 0 aromatic heterocycles. The maximum atomic E-state index is 13.7. The number of carboxylic acid groups (broad SMARTS) is 1. The molecular formula is C12H16FNO5S. The molecule has 0 radical (unpaired) electrons. The van der Waals surface area contributed by atoms with E-state index in [1.54, 1.807) is 13.8 Å². The third-order valence-corrected chi connectivity index (χ3v) is 3.94. The first-order valence-electron chi connectivity index (χ1n) is 5.92. The summed E-state index contributed by atoms with van der Waals surface area (Å²) in [6.45, 7) is 3.88. The van der Waals surface area contributed by atoms with Crippen molar-refractivity contribution in [2.45, 2.75) is 24.8 Å². The van der Waals surface area contributed by atoms with Gasteiger partial charge in [-0.05, 0) is 32.0 Å². The molecule has 0 bridgehead atoms. The Kier molecular flexibility index (Phi) is 5.61. The van der Waals surface area contributed by atoms with E-state index in [0.29, 0.717) is 12.7 Å². The molecule has 0 fully saturated rings. The monoisotopic (exact) mass is 305 g/mol.